The first-order chi connectivity index (χ1) is 9.10. The predicted octanol–water partition coefficient (Wildman–Crippen LogP) is 3.71. The molecule has 0 spiro atoms. The smallest absolute Gasteiger partial charge is 0.140 e. The fourth-order valence-electron chi connectivity index (χ4n) is 1.81. The average Bonchev–Trinajstić information content (AvgIpc) is 2.81. The Morgan fingerprint density at radius 2 is 2.00 bits per heavy atom. The SMILES string of the molecule is CNCc1cnc(COc2cc(C)c(Cl)c(C)c2)s1. The van der Waals surface area contributed by atoms with E-state index in [1.165, 1.54) is 4.88 Å². The molecular formula is C14H17ClN2OS. The molecule has 5 heteroatoms. The number of nitrogens with zero attached hydrogens (tertiary/aromatic N) is 1. The minimum absolute atomic E-state index is 0.495. The van der Waals surface area contributed by atoms with Gasteiger partial charge in [0.2, 0.25) is 0 Å². The number of benzene rings is 1. The molecule has 0 bridgehead atoms. The average molecular weight is 297 g/mol. The Balaban J connectivity index is 2.01. The van der Waals surface area contributed by atoms with Gasteiger partial charge in [-0.1, -0.05) is 11.6 Å². The molecule has 0 aliphatic carbocycles. The van der Waals surface area contributed by atoms with Gasteiger partial charge >= 0.3 is 0 Å². The molecule has 1 N–H and O–H groups in total. The lowest BCUT2D eigenvalue weighted by Gasteiger charge is -2.08. The summed E-state index contributed by atoms with van der Waals surface area (Å²) in [6.07, 6.45) is 1.89. The van der Waals surface area contributed by atoms with Crippen LogP contribution in [0.1, 0.15) is 21.0 Å². The molecule has 0 atom stereocenters. The van der Waals surface area contributed by atoms with Gasteiger partial charge in [-0.25, -0.2) is 4.98 Å². The number of ether oxygens (including phenoxy) is 1. The van der Waals surface area contributed by atoms with E-state index in [1.807, 2.05) is 39.2 Å². The Morgan fingerprint density at radius 3 is 2.63 bits per heavy atom. The molecule has 0 fully saturated rings. The maximum absolute atomic E-state index is 6.13. The number of nitrogens with one attached hydrogen (secondary N) is 1. The third-order valence-electron chi connectivity index (χ3n) is 2.72. The number of aromatic nitrogens is 1. The third kappa shape index (κ3) is 3.69. The number of hydrogen-bond donors (Lipinski definition) is 1. The largest absolute Gasteiger partial charge is 0.486 e. The highest BCUT2D eigenvalue weighted by Crippen LogP contribution is 2.26. The van der Waals surface area contributed by atoms with E-state index in [4.69, 9.17) is 16.3 Å². The number of halogens is 1. The second kappa shape index (κ2) is 6.37. The van der Waals surface area contributed by atoms with E-state index in [1.54, 1.807) is 11.3 Å². The van der Waals surface area contributed by atoms with Crippen molar-refractivity contribution < 1.29 is 4.74 Å². The Labute approximate surface area is 122 Å². The standard InChI is InChI=1S/C14H17ClN2OS/c1-9-4-11(5-10(2)14(9)15)18-8-13-17-7-12(19-13)6-16-3/h4-5,7,16H,6,8H2,1-3H3. The first-order valence-corrected chi connectivity index (χ1v) is 7.27. The predicted molar refractivity (Wildman–Crippen MR) is 80.1 cm³/mol. The lowest BCUT2D eigenvalue weighted by molar-refractivity contribution is 0.305. The molecule has 3 nitrogen and oxygen atoms in total. The van der Waals surface area contributed by atoms with Crippen LogP contribution in [0.2, 0.25) is 5.02 Å². The molecule has 0 aliphatic rings. The Kier molecular flexibility index (Phi) is 4.80. The first-order valence-electron chi connectivity index (χ1n) is 6.08. The Hall–Kier alpha value is -1.10. The van der Waals surface area contributed by atoms with Crippen molar-refractivity contribution in [2.24, 2.45) is 0 Å². The summed E-state index contributed by atoms with van der Waals surface area (Å²) in [5, 5.41) is 4.89. The summed E-state index contributed by atoms with van der Waals surface area (Å²) in [5.41, 5.74) is 2.07. The van der Waals surface area contributed by atoms with E-state index >= 15 is 0 Å². The Bertz CT molecular complexity index is 545. The summed E-state index contributed by atoms with van der Waals surface area (Å²) in [4.78, 5) is 5.55. The van der Waals surface area contributed by atoms with Gasteiger partial charge in [-0.15, -0.1) is 11.3 Å². The summed E-state index contributed by atoms with van der Waals surface area (Å²) < 4.78 is 5.77. The highest BCUT2D eigenvalue weighted by Gasteiger charge is 2.06. The molecule has 0 saturated heterocycles. The van der Waals surface area contributed by atoms with Gasteiger partial charge in [0.05, 0.1) is 0 Å². The van der Waals surface area contributed by atoms with Crippen LogP contribution in [0.3, 0.4) is 0 Å². The van der Waals surface area contributed by atoms with Gasteiger partial charge < -0.3 is 10.1 Å². The second-order valence-electron chi connectivity index (χ2n) is 4.41. The lowest BCUT2D eigenvalue weighted by atomic mass is 10.1. The van der Waals surface area contributed by atoms with Gasteiger partial charge in [0.25, 0.3) is 0 Å². The van der Waals surface area contributed by atoms with Gasteiger partial charge in [0, 0.05) is 22.6 Å². The van der Waals surface area contributed by atoms with Gasteiger partial charge in [-0.3, -0.25) is 0 Å². The highest BCUT2D eigenvalue weighted by atomic mass is 35.5. The van der Waals surface area contributed by atoms with Crippen molar-refractivity contribution in [1.29, 1.82) is 0 Å². The van der Waals surface area contributed by atoms with Crippen LogP contribution in [0.15, 0.2) is 18.3 Å². The van der Waals surface area contributed by atoms with Crippen LogP contribution < -0.4 is 10.1 Å². The second-order valence-corrected chi connectivity index (χ2v) is 5.99. The number of hydrogen-bond acceptors (Lipinski definition) is 4. The van der Waals surface area contributed by atoms with Gasteiger partial charge in [-0.05, 0) is 44.2 Å². The van der Waals surface area contributed by atoms with Crippen molar-refractivity contribution in [1.82, 2.24) is 10.3 Å². The van der Waals surface area contributed by atoms with Crippen molar-refractivity contribution in [3.05, 3.63) is 44.4 Å². The third-order valence-corrected chi connectivity index (χ3v) is 4.29. The van der Waals surface area contributed by atoms with Gasteiger partial charge in [-0.2, -0.15) is 0 Å². The monoisotopic (exact) mass is 296 g/mol. The maximum Gasteiger partial charge on any atom is 0.140 e. The highest BCUT2D eigenvalue weighted by molar-refractivity contribution is 7.11. The summed E-state index contributed by atoms with van der Waals surface area (Å²) in [6, 6.07) is 3.91. The molecule has 1 heterocycles. The lowest BCUT2D eigenvalue weighted by Crippen LogP contribution is -2.02. The van der Waals surface area contributed by atoms with Crippen LogP contribution in [0.5, 0.6) is 5.75 Å². The van der Waals surface area contributed by atoms with Crippen LogP contribution in [-0.2, 0) is 13.2 Å². The zero-order valence-corrected chi connectivity index (χ0v) is 12.9. The molecular weight excluding hydrogens is 280 g/mol. The topological polar surface area (TPSA) is 34.2 Å². The van der Waals surface area contributed by atoms with E-state index in [0.29, 0.717) is 6.61 Å². The van der Waals surface area contributed by atoms with Crippen molar-refractivity contribution >= 4 is 22.9 Å². The summed E-state index contributed by atoms with van der Waals surface area (Å²) in [5.74, 6) is 0.838. The normalized spacial score (nSPS) is 10.7. The van der Waals surface area contributed by atoms with Crippen molar-refractivity contribution in [3.63, 3.8) is 0 Å². The van der Waals surface area contributed by atoms with Crippen LogP contribution in [0, 0.1) is 13.8 Å². The molecule has 2 aromatic rings. The molecule has 0 radical (unpaired) electrons. The summed E-state index contributed by atoms with van der Waals surface area (Å²) in [6.45, 7) is 5.30. The van der Waals surface area contributed by atoms with Crippen molar-refractivity contribution in [2.75, 3.05) is 7.05 Å². The minimum Gasteiger partial charge on any atom is -0.486 e. The van der Waals surface area contributed by atoms with Gasteiger partial charge in [0.15, 0.2) is 0 Å². The van der Waals surface area contributed by atoms with Crippen molar-refractivity contribution in [3.8, 4) is 5.75 Å². The number of aryl methyl sites for hydroxylation is 2. The minimum atomic E-state index is 0.495. The van der Waals surface area contributed by atoms with Gasteiger partial charge in [0.1, 0.15) is 17.4 Å². The summed E-state index contributed by atoms with van der Waals surface area (Å²) in [7, 11) is 1.93. The van der Waals surface area contributed by atoms with E-state index in [2.05, 4.69) is 10.3 Å². The van der Waals surface area contributed by atoms with Crippen LogP contribution in [0.4, 0.5) is 0 Å². The number of thiazole rings is 1. The zero-order chi connectivity index (χ0) is 13.8. The van der Waals surface area contributed by atoms with Crippen molar-refractivity contribution in [2.45, 2.75) is 27.0 Å². The van der Waals surface area contributed by atoms with Crippen LogP contribution in [0.25, 0.3) is 0 Å². The molecule has 102 valence electrons. The van der Waals surface area contributed by atoms with E-state index < -0.39 is 0 Å². The maximum atomic E-state index is 6.13. The molecule has 19 heavy (non-hydrogen) atoms. The molecule has 0 saturated carbocycles. The molecule has 0 aliphatic heterocycles. The fourth-order valence-corrected chi connectivity index (χ4v) is 2.76. The van der Waals surface area contributed by atoms with Crippen LogP contribution >= 0.6 is 22.9 Å². The van der Waals surface area contributed by atoms with E-state index in [-0.39, 0.29) is 0 Å². The van der Waals surface area contributed by atoms with Crippen LogP contribution in [-0.4, -0.2) is 12.0 Å². The number of rotatable bonds is 5. The molecule has 1 aromatic heterocycles. The first kappa shape index (κ1) is 14.3. The summed E-state index contributed by atoms with van der Waals surface area (Å²) >= 11 is 7.80. The zero-order valence-electron chi connectivity index (χ0n) is 11.3. The molecule has 2 rings (SSSR count). The Morgan fingerprint density at radius 1 is 1.32 bits per heavy atom. The molecule has 0 unspecified atom stereocenters. The molecule has 0 amide bonds. The molecule has 1 aromatic carbocycles. The van der Waals surface area contributed by atoms with E-state index in [9.17, 15) is 0 Å². The fraction of sp³-hybridized carbons (Fsp3) is 0.357. The quantitative estimate of drug-likeness (QED) is 0.913. The van der Waals surface area contributed by atoms with E-state index in [0.717, 1.165) is 33.5 Å².